The first kappa shape index (κ1) is 21.6. The number of hydrogen-bond acceptors (Lipinski definition) is 5. The topological polar surface area (TPSA) is 86.7 Å². The van der Waals surface area contributed by atoms with Crippen LogP contribution in [0.2, 0.25) is 0 Å². The van der Waals surface area contributed by atoms with Gasteiger partial charge in [-0.3, -0.25) is 14.9 Å². The average Bonchev–Trinajstić information content (AvgIpc) is 3.04. The second-order valence-electron chi connectivity index (χ2n) is 6.80. The number of nitro benzene ring substituents is 1. The second kappa shape index (κ2) is 9.60. The van der Waals surface area contributed by atoms with Gasteiger partial charge in [-0.1, -0.05) is 17.4 Å². The van der Waals surface area contributed by atoms with Crippen molar-refractivity contribution < 1.29 is 14.5 Å². The molecule has 1 amide bonds. The number of rotatable bonds is 7. The highest BCUT2D eigenvalue weighted by molar-refractivity contribution is 7.16. The number of nitrogens with zero attached hydrogens (tertiary/aromatic N) is 3. The van der Waals surface area contributed by atoms with Gasteiger partial charge in [0.15, 0.2) is 4.80 Å². The molecule has 7 nitrogen and oxygen atoms in total. The average molecular weight is 426 g/mol. The molecule has 2 aromatic carbocycles. The van der Waals surface area contributed by atoms with Crippen LogP contribution in [0, 0.1) is 24.0 Å². The molecule has 0 aliphatic rings. The normalized spacial score (nSPS) is 12.2. The Hall–Kier alpha value is -3.10. The summed E-state index contributed by atoms with van der Waals surface area (Å²) in [6, 6.07) is 10.2. The van der Waals surface area contributed by atoms with E-state index in [2.05, 4.69) is 24.0 Å². The maximum atomic E-state index is 12.5. The Morgan fingerprint density at radius 1 is 1.27 bits per heavy atom. The zero-order valence-electron chi connectivity index (χ0n) is 17.1. The molecule has 0 N–H and O–H groups in total. The molecule has 0 atom stereocenters. The molecule has 30 heavy (non-hydrogen) atoms. The molecule has 0 saturated heterocycles. The van der Waals surface area contributed by atoms with Gasteiger partial charge < -0.3 is 9.30 Å². The summed E-state index contributed by atoms with van der Waals surface area (Å²) in [6.45, 7) is 7.82. The summed E-state index contributed by atoms with van der Waals surface area (Å²) < 4.78 is 8.62. The Morgan fingerprint density at radius 3 is 2.67 bits per heavy atom. The van der Waals surface area contributed by atoms with E-state index in [0.717, 1.165) is 21.3 Å². The summed E-state index contributed by atoms with van der Waals surface area (Å²) in [5, 5.41) is 10.7. The minimum atomic E-state index is -0.458. The maximum Gasteiger partial charge on any atom is 0.272 e. The van der Waals surface area contributed by atoms with Crippen molar-refractivity contribution in [1.82, 2.24) is 4.57 Å². The Balaban J connectivity index is 1.93. The number of hydrogen-bond donors (Lipinski definition) is 0. The first-order valence-corrected chi connectivity index (χ1v) is 10.4. The summed E-state index contributed by atoms with van der Waals surface area (Å²) >= 11 is 1.48. The van der Waals surface area contributed by atoms with E-state index in [1.807, 2.05) is 18.4 Å². The van der Waals surface area contributed by atoms with Crippen LogP contribution in [0.15, 0.2) is 47.5 Å². The fourth-order valence-electron chi connectivity index (χ4n) is 3.12. The van der Waals surface area contributed by atoms with Gasteiger partial charge in [0.2, 0.25) is 0 Å². The molecule has 3 aromatic rings. The number of aryl methyl sites for hydroxylation is 2. The molecule has 8 heteroatoms. The van der Waals surface area contributed by atoms with Gasteiger partial charge in [0.25, 0.3) is 11.6 Å². The molecule has 1 aromatic heterocycles. The van der Waals surface area contributed by atoms with Gasteiger partial charge in [-0.05, 0) is 61.7 Å². The number of thiazole rings is 1. The van der Waals surface area contributed by atoms with Crippen molar-refractivity contribution in [3.05, 3.63) is 74.1 Å². The van der Waals surface area contributed by atoms with Crippen LogP contribution in [0.3, 0.4) is 0 Å². The number of carbonyl (C=O) groups excluding carboxylic acids is 1. The molecular formula is C22H23N3O4S. The predicted octanol–water partition coefficient (Wildman–Crippen LogP) is 4.41. The lowest BCUT2D eigenvalue weighted by atomic mass is 10.1. The molecule has 1 heterocycles. The molecule has 0 spiro atoms. The molecule has 3 rings (SSSR count). The highest BCUT2D eigenvalue weighted by Crippen LogP contribution is 2.23. The molecule has 156 valence electrons. The molecular weight excluding hydrogens is 402 g/mol. The number of fused-ring (bicyclic) bond motifs is 1. The third-order valence-electron chi connectivity index (χ3n) is 4.51. The van der Waals surface area contributed by atoms with Crippen LogP contribution in [0.25, 0.3) is 16.3 Å². The van der Waals surface area contributed by atoms with Crippen molar-refractivity contribution in [3.8, 4) is 0 Å². The number of ether oxygens (including phenoxy) is 1. The molecule has 0 fully saturated rings. The maximum absolute atomic E-state index is 12.5. The first-order valence-electron chi connectivity index (χ1n) is 9.58. The Bertz CT molecular complexity index is 1170. The molecule has 0 radical (unpaired) electrons. The summed E-state index contributed by atoms with van der Waals surface area (Å²) in [7, 11) is 0. The summed E-state index contributed by atoms with van der Waals surface area (Å²) in [5.74, 6) is -0.389. The minimum absolute atomic E-state index is 0.00874. The standard InChI is InChI=1S/C22H23N3O4S/c1-4-29-12-11-24-19-14-15(2)13-16(3)21(19)30-22(24)23-20(26)10-7-17-5-8-18(9-6-17)25(27)28/h5-10,13-14H,4,11-12H2,1-3H3/b10-7+,23-22?. The smallest absolute Gasteiger partial charge is 0.272 e. The summed E-state index contributed by atoms with van der Waals surface area (Å²) in [6.07, 6.45) is 2.97. The van der Waals surface area contributed by atoms with Gasteiger partial charge in [0.05, 0.1) is 21.7 Å². The number of benzene rings is 2. The molecule has 0 saturated carbocycles. The fraction of sp³-hybridized carbons (Fsp3) is 0.273. The van der Waals surface area contributed by atoms with Crippen molar-refractivity contribution in [2.45, 2.75) is 27.3 Å². The van der Waals surface area contributed by atoms with Crippen molar-refractivity contribution in [1.29, 1.82) is 0 Å². The second-order valence-corrected chi connectivity index (χ2v) is 7.77. The van der Waals surface area contributed by atoms with E-state index in [-0.39, 0.29) is 11.6 Å². The van der Waals surface area contributed by atoms with Crippen LogP contribution >= 0.6 is 11.3 Å². The monoisotopic (exact) mass is 425 g/mol. The molecule has 0 unspecified atom stereocenters. The lowest BCUT2D eigenvalue weighted by molar-refractivity contribution is -0.384. The highest BCUT2D eigenvalue weighted by atomic mass is 32.1. The van der Waals surface area contributed by atoms with Crippen molar-refractivity contribution >= 4 is 39.2 Å². The van der Waals surface area contributed by atoms with Gasteiger partial charge in [-0.25, -0.2) is 0 Å². The predicted molar refractivity (Wildman–Crippen MR) is 118 cm³/mol. The SMILES string of the molecule is CCOCCn1c(=NC(=O)/C=C/c2ccc([N+](=O)[O-])cc2)sc2c(C)cc(C)cc21. The van der Waals surface area contributed by atoms with Crippen molar-refractivity contribution in [3.63, 3.8) is 0 Å². The Morgan fingerprint density at radius 2 is 2.00 bits per heavy atom. The van der Waals surface area contributed by atoms with E-state index in [4.69, 9.17) is 4.74 Å². The van der Waals surface area contributed by atoms with E-state index in [1.165, 1.54) is 29.5 Å². The number of non-ortho nitro benzene ring substituents is 1. The van der Waals surface area contributed by atoms with Crippen LogP contribution in [-0.4, -0.2) is 28.6 Å². The van der Waals surface area contributed by atoms with E-state index in [9.17, 15) is 14.9 Å². The lowest BCUT2D eigenvalue weighted by Crippen LogP contribution is -2.19. The van der Waals surface area contributed by atoms with Gasteiger partial charge >= 0.3 is 0 Å². The molecule has 0 aliphatic heterocycles. The van der Waals surface area contributed by atoms with Crippen LogP contribution < -0.4 is 4.80 Å². The van der Waals surface area contributed by atoms with E-state index in [1.54, 1.807) is 18.2 Å². The first-order chi connectivity index (χ1) is 14.4. The third-order valence-corrected chi connectivity index (χ3v) is 5.74. The largest absolute Gasteiger partial charge is 0.380 e. The number of amides is 1. The van der Waals surface area contributed by atoms with E-state index in [0.29, 0.717) is 30.1 Å². The van der Waals surface area contributed by atoms with Crippen molar-refractivity contribution in [2.24, 2.45) is 4.99 Å². The summed E-state index contributed by atoms with van der Waals surface area (Å²) in [5.41, 5.74) is 4.04. The number of aromatic nitrogens is 1. The lowest BCUT2D eigenvalue weighted by Gasteiger charge is -2.06. The van der Waals surface area contributed by atoms with Crippen LogP contribution in [-0.2, 0) is 16.1 Å². The van der Waals surface area contributed by atoms with Crippen LogP contribution in [0.5, 0.6) is 0 Å². The Kier molecular flexibility index (Phi) is 6.91. The van der Waals surface area contributed by atoms with Gasteiger partial charge in [0, 0.05) is 31.4 Å². The fourth-order valence-corrected chi connectivity index (χ4v) is 4.23. The zero-order valence-corrected chi connectivity index (χ0v) is 17.9. The minimum Gasteiger partial charge on any atom is -0.380 e. The van der Waals surface area contributed by atoms with Gasteiger partial charge in [-0.2, -0.15) is 4.99 Å². The Labute approximate surface area is 178 Å². The van der Waals surface area contributed by atoms with E-state index >= 15 is 0 Å². The van der Waals surface area contributed by atoms with Gasteiger partial charge in [0.1, 0.15) is 0 Å². The van der Waals surface area contributed by atoms with Gasteiger partial charge in [-0.15, -0.1) is 0 Å². The zero-order chi connectivity index (χ0) is 21.7. The van der Waals surface area contributed by atoms with Crippen LogP contribution in [0.1, 0.15) is 23.6 Å². The third kappa shape index (κ3) is 5.08. The number of nitro groups is 1. The van der Waals surface area contributed by atoms with Crippen LogP contribution in [0.4, 0.5) is 5.69 Å². The van der Waals surface area contributed by atoms with E-state index < -0.39 is 4.92 Å². The van der Waals surface area contributed by atoms with Crippen molar-refractivity contribution in [2.75, 3.05) is 13.2 Å². The quantitative estimate of drug-likeness (QED) is 0.243. The highest BCUT2D eigenvalue weighted by Gasteiger charge is 2.10. The number of carbonyl (C=O) groups is 1. The summed E-state index contributed by atoms with van der Waals surface area (Å²) in [4.78, 5) is 27.7. The molecule has 0 aliphatic carbocycles. The molecule has 0 bridgehead atoms.